The van der Waals surface area contributed by atoms with E-state index >= 15 is 0 Å². The normalized spacial score (nSPS) is 16.4. The van der Waals surface area contributed by atoms with Crippen molar-refractivity contribution < 1.29 is 18.4 Å². The fourth-order valence-electron chi connectivity index (χ4n) is 5.10. The Balaban J connectivity index is 1.65. The number of amides is 1. The van der Waals surface area contributed by atoms with Gasteiger partial charge in [0.15, 0.2) is 17.2 Å². The largest absolute Gasteiger partial charge is 0.494 e. The molecule has 188 valence electrons. The quantitative estimate of drug-likeness (QED) is 0.341. The van der Waals surface area contributed by atoms with Crippen LogP contribution in [0.3, 0.4) is 0 Å². The summed E-state index contributed by atoms with van der Waals surface area (Å²) in [6.45, 7) is 8.74. The Morgan fingerprint density at radius 2 is 2.06 bits per heavy atom. The first kappa shape index (κ1) is 24.0. The van der Waals surface area contributed by atoms with E-state index in [4.69, 9.17) is 19.2 Å². The Hall–Kier alpha value is -3.75. The molecule has 3 aromatic heterocycles. The smallest absolute Gasteiger partial charge is 0.227 e. The zero-order chi connectivity index (χ0) is 25.6. The van der Waals surface area contributed by atoms with Crippen molar-refractivity contribution in [3.05, 3.63) is 53.6 Å². The van der Waals surface area contributed by atoms with Crippen LogP contribution >= 0.6 is 0 Å². The van der Waals surface area contributed by atoms with Gasteiger partial charge in [-0.25, -0.2) is 14.4 Å². The van der Waals surface area contributed by atoms with Gasteiger partial charge in [0.05, 0.1) is 18.8 Å². The van der Waals surface area contributed by atoms with E-state index in [1.165, 1.54) is 13.2 Å². The molecule has 1 aliphatic heterocycles. The maximum absolute atomic E-state index is 14.6. The summed E-state index contributed by atoms with van der Waals surface area (Å²) in [6, 6.07) is 6.30. The van der Waals surface area contributed by atoms with E-state index in [-0.39, 0.29) is 17.7 Å². The molecular formula is C27H30FN5O3. The second-order valence-corrected chi connectivity index (χ2v) is 9.73. The van der Waals surface area contributed by atoms with E-state index in [9.17, 15) is 9.18 Å². The van der Waals surface area contributed by atoms with Gasteiger partial charge in [-0.3, -0.25) is 4.79 Å². The van der Waals surface area contributed by atoms with Crippen molar-refractivity contribution in [3.63, 3.8) is 0 Å². The van der Waals surface area contributed by atoms with Crippen molar-refractivity contribution in [1.29, 1.82) is 0 Å². The molecule has 1 atom stereocenters. The molecule has 36 heavy (non-hydrogen) atoms. The summed E-state index contributed by atoms with van der Waals surface area (Å²) >= 11 is 0. The molecule has 0 radical (unpaired) electrons. The number of carbonyl (C=O) groups is 1. The molecule has 5 rings (SSSR count). The van der Waals surface area contributed by atoms with Crippen molar-refractivity contribution >= 4 is 22.8 Å². The lowest BCUT2D eigenvalue weighted by Crippen LogP contribution is -2.39. The number of fused-ring (bicyclic) bond motifs is 1. The molecular weight excluding hydrogens is 461 g/mol. The third-order valence-electron chi connectivity index (χ3n) is 6.64. The summed E-state index contributed by atoms with van der Waals surface area (Å²) in [5.41, 5.74) is 4.58. The average molecular weight is 492 g/mol. The molecule has 0 bridgehead atoms. The van der Waals surface area contributed by atoms with Gasteiger partial charge in [-0.15, -0.1) is 0 Å². The van der Waals surface area contributed by atoms with Gasteiger partial charge in [0.2, 0.25) is 5.91 Å². The maximum atomic E-state index is 14.6. The third-order valence-corrected chi connectivity index (χ3v) is 6.64. The molecule has 9 heteroatoms. The summed E-state index contributed by atoms with van der Waals surface area (Å²) in [4.78, 5) is 24.7. The van der Waals surface area contributed by atoms with Gasteiger partial charge in [0.25, 0.3) is 0 Å². The number of hydrogen-bond donors (Lipinski definition) is 0. The first-order valence-corrected chi connectivity index (χ1v) is 12.2. The van der Waals surface area contributed by atoms with Crippen LogP contribution in [0.1, 0.15) is 56.4 Å². The molecule has 0 N–H and O–H groups in total. The molecule has 1 aliphatic rings. The highest BCUT2D eigenvalue weighted by molar-refractivity contribution is 5.95. The number of rotatable bonds is 6. The van der Waals surface area contributed by atoms with Crippen LogP contribution in [0, 0.1) is 25.6 Å². The average Bonchev–Trinajstić information content (AvgIpc) is 3.37. The number of halogens is 1. The first-order chi connectivity index (χ1) is 17.3. The lowest BCUT2D eigenvalue weighted by Gasteiger charge is -2.35. The Bertz CT molecular complexity index is 1420. The second-order valence-electron chi connectivity index (χ2n) is 9.73. The number of pyridine rings is 1. The van der Waals surface area contributed by atoms with Gasteiger partial charge in [0.1, 0.15) is 17.1 Å². The van der Waals surface area contributed by atoms with Crippen LogP contribution in [0.25, 0.3) is 22.3 Å². The van der Waals surface area contributed by atoms with Crippen molar-refractivity contribution in [3.8, 4) is 16.9 Å². The minimum Gasteiger partial charge on any atom is -0.494 e. The van der Waals surface area contributed by atoms with E-state index in [0.717, 1.165) is 52.4 Å². The zero-order valence-electron chi connectivity index (χ0n) is 21.2. The molecule has 1 aromatic carbocycles. The van der Waals surface area contributed by atoms with Gasteiger partial charge >= 0.3 is 0 Å². The molecule has 1 fully saturated rings. The van der Waals surface area contributed by atoms with E-state index in [1.807, 2.05) is 26.1 Å². The van der Waals surface area contributed by atoms with Gasteiger partial charge in [-0.1, -0.05) is 19.0 Å². The Kier molecular flexibility index (Phi) is 6.24. The highest BCUT2D eigenvalue weighted by atomic mass is 19.1. The number of aryl methyl sites for hydroxylation is 2. The summed E-state index contributed by atoms with van der Waals surface area (Å²) < 4.78 is 27.1. The number of benzene rings is 1. The highest BCUT2D eigenvalue weighted by Gasteiger charge is 2.35. The zero-order valence-corrected chi connectivity index (χ0v) is 21.2. The lowest BCUT2D eigenvalue weighted by atomic mass is 9.99. The van der Waals surface area contributed by atoms with E-state index in [2.05, 4.69) is 23.6 Å². The molecule has 1 amide bonds. The molecule has 1 saturated heterocycles. The number of ether oxygens (including phenoxy) is 1. The summed E-state index contributed by atoms with van der Waals surface area (Å²) in [5, 5.41) is 4.07. The molecule has 0 saturated carbocycles. The monoisotopic (exact) mass is 491 g/mol. The highest BCUT2D eigenvalue weighted by Crippen LogP contribution is 2.38. The number of methoxy groups -OCH3 is 1. The fraction of sp³-hybridized carbons (Fsp3) is 0.407. The van der Waals surface area contributed by atoms with Crippen LogP contribution in [-0.2, 0) is 11.3 Å². The number of anilines is 1. The van der Waals surface area contributed by atoms with Crippen LogP contribution < -0.4 is 9.64 Å². The van der Waals surface area contributed by atoms with E-state index in [1.54, 1.807) is 17.0 Å². The number of carbonyl (C=O) groups excluding carboxylic acids is 1. The second kappa shape index (κ2) is 9.37. The van der Waals surface area contributed by atoms with Gasteiger partial charge in [-0.2, -0.15) is 0 Å². The topological polar surface area (TPSA) is 86.3 Å². The molecule has 0 spiro atoms. The summed E-state index contributed by atoms with van der Waals surface area (Å²) in [6.07, 6.45) is 3.68. The van der Waals surface area contributed by atoms with Crippen LogP contribution in [0.5, 0.6) is 5.75 Å². The van der Waals surface area contributed by atoms with E-state index in [0.29, 0.717) is 24.6 Å². The van der Waals surface area contributed by atoms with E-state index < -0.39 is 5.82 Å². The number of nitrogens with zero attached hydrogens (tertiary/aromatic N) is 5. The van der Waals surface area contributed by atoms with Crippen LogP contribution in [-0.4, -0.2) is 32.7 Å². The molecule has 0 aliphatic carbocycles. The summed E-state index contributed by atoms with van der Waals surface area (Å²) in [7, 11) is 1.42. The van der Waals surface area contributed by atoms with Crippen LogP contribution in [0.15, 0.2) is 35.0 Å². The number of imidazole rings is 1. The molecule has 8 nitrogen and oxygen atoms in total. The van der Waals surface area contributed by atoms with Crippen LogP contribution in [0.2, 0.25) is 0 Å². The minimum absolute atomic E-state index is 0.0525. The number of aromatic nitrogens is 4. The Labute approximate surface area is 209 Å². The van der Waals surface area contributed by atoms with Crippen molar-refractivity contribution in [2.75, 3.05) is 12.0 Å². The third kappa shape index (κ3) is 4.12. The standard InChI is InChI=1S/C27H30FN5O3/c1-15(2)14-32-26-21(11-18(13-29-26)25-16(3)31-36-17(25)4)30-27(32)22-7-6-8-24(34)33(22)19-9-10-23(35-5)20(28)12-19/h9-13,15,22H,6-8,14H2,1-5H3. The van der Waals surface area contributed by atoms with Crippen molar-refractivity contribution in [1.82, 2.24) is 19.7 Å². The molecule has 4 aromatic rings. The maximum Gasteiger partial charge on any atom is 0.227 e. The van der Waals surface area contributed by atoms with Gasteiger partial charge in [-0.05, 0) is 50.8 Å². The Morgan fingerprint density at radius 1 is 1.25 bits per heavy atom. The minimum atomic E-state index is -0.506. The van der Waals surface area contributed by atoms with Gasteiger partial charge < -0.3 is 18.7 Å². The van der Waals surface area contributed by atoms with Crippen molar-refractivity contribution in [2.45, 2.75) is 59.5 Å². The number of piperidine rings is 1. The fourth-order valence-corrected chi connectivity index (χ4v) is 5.10. The Morgan fingerprint density at radius 3 is 2.72 bits per heavy atom. The number of hydrogen-bond acceptors (Lipinski definition) is 6. The molecule has 1 unspecified atom stereocenters. The first-order valence-electron chi connectivity index (χ1n) is 12.2. The van der Waals surface area contributed by atoms with Crippen molar-refractivity contribution in [2.24, 2.45) is 5.92 Å². The summed E-state index contributed by atoms with van der Waals surface area (Å²) in [5.74, 6) is 1.39. The predicted octanol–water partition coefficient (Wildman–Crippen LogP) is 5.77. The molecule has 4 heterocycles. The van der Waals surface area contributed by atoms with Crippen LogP contribution in [0.4, 0.5) is 10.1 Å². The predicted molar refractivity (Wildman–Crippen MR) is 134 cm³/mol. The SMILES string of the molecule is COc1ccc(N2C(=O)CCCC2c2nc3cc(-c4c(C)noc4C)cnc3n2CC(C)C)cc1F. The lowest BCUT2D eigenvalue weighted by molar-refractivity contribution is -0.120. The van der Waals surface area contributed by atoms with Gasteiger partial charge in [0, 0.05) is 42.0 Å².